The van der Waals surface area contributed by atoms with E-state index in [4.69, 9.17) is 9.47 Å². The van der Waals surface area contributed by atoms with Crippen LogP contribution >= 0.6 is 0 Å². The van der Waals surface area contributed by atoms with Gasteiger partial charge in [0.2, 0.25) is 0 Å². The summed E-state index contributed by atoms with van der Waals surface area (Å²) in [5.41, 5.74) is 0.543. The van der Waals surface area contributed by atoms with Crippen LogP contribution in [0.25, 0.3) is 10.9 Å². The quantitative estimate of drug-likeness (QED) is 0.841. The molecule has 0 amide bonds. The number of aromatic nitrogens is 1. The van der Waals surface area contributed by atoms with Gasteiger partial charge in [0.15, 0.2) is 0 Å². The van der Waals surface area contributed by atoms with E-state index < -0.39 is 17.1 Å². The number of benzene rings is 1. The summed E-state index contributed by atoms with van der Waals surface area (Å²) in [7, 11) is 1.60. The minimum atomic E-state index is -0.577. The molecule has 5 nitrogen and oxygen atoms in total. The third kappa shape index (κ3) is 2.65. The first kappa shape index (κ1) is 15.4. The van der Waals surface area contributed by atoms with E-state index in [1.54, 1.807) is 19.4 Å². The Labute approximate surface area is 135 Å². The van der Waals surface area contributed by atoms with E-state index in [0.29, 0.717) is 5.75 Å². The van der Waals surface area contributed by atoms with Crippen LogP contribution in [0.15, 0.2) is 24.4 Å². The Bertz CT molecular complexity index is 817. The molecule has 23 heavy (non-hydrogen) atoms. The number of carbonyl (C=O) groups is 1. The number of methoxy groups -OCH3 is 1. The van der Waals surface area contributed by atoms with Crippen LogP contribution < -0.4 is 4.74 Å². The van der Waals surface area contributed by atoms with Gasteiger partial charge in [-0.15, -0.1) is 0 Å². The lowest BCUT2D eigenvalue weighted by atomic mass is 9.97. The molecule has 1 heterocycles. The van der Waals surface area contributed by atoms with Crippen molar-refractivity contribution in [1.82, 2.24) is 4.57 Å². The van der Waals surface area contributed by atoms with Gasteiger partial charge in [-0.1, -0.05) is 0 Å². The van der Waals surface area contributed by atoms with E-state index in [1.165, 1.54) is 4.57 Å². The van der Waals surface area contributed by atoms with Crippen LogP contribution in [0, 0.1) is 11.3 Å². The van der Waals surface area contributed by atoms with Crippen LogP contribution in [0.1, 0.15) is 39.2 Å². The molecule has 0 spiro atoms. The van der Waals surface area contributed by atoms with Crippen LogP contribution in [-0.4, -0.2) is 23.4 Å². The van der Waals surface area contributed by atoms with Crippen molar-refractivity contribution in [2.45, 2.75) is 44.6 Å². The van der Waals surface area contributed by atoms with Crippen molar-refractivity contribution in [3.8, 4) is 11.8 Å². The minimum Gasteiger partial charge on any atom is -0.497 e. The van der Waals surface area contributed by atoms with E-state index in [0.717, 1.165) is 29.3 Å². The fourth-order valence-electron chi connectivity index (χ4n) is 2.75. The number of ether oxygens (including phenoxy) is 2. The van der Waals surface area contributed by atoms with E-state index in [2.05, 4.69) is 6.07 Å². The zero-order valence-corrected chi connectivity index (χ0v) is 13.8. The van der Waals surface area contributed by atoms with Crippen molar-refractivity contribution in [1.29, 1.82) is 5.26 Å². The summed E-state index contributed by atoms with van der Waals surface area (Å²) in [6.45, 7) is 5.49. The molecule has 0 N–H and O–H groups in total. The summed E-state index contributed by atoms with van der Waals surface area (Å²) >= 11 is 0. The van der Waals surface area contributed by atoms with Gasteiger partial charge in [0, 0.05) is 11.6 Å². The summed E-state index contributed by atoms with van der Waals surface area (Å²) in [4.78, 5) is 12.5. The third-order valence-corrected chi connectivity index (χ3v) is 4.08. The molecule has 1 aromatic carbocycles. The molecule has 1 aromatic heterocycles. The minimum absolute atomic E-state index is 0.437. The fourth-order valence-corrected chi connectivity index (χ4v) is 2.75. The maximum atomic E-state index is 12.5. The Kier molecular flexibility index (Phi) is 3.36. The molecule has 0 aliphatic heterocycles. The highest BCUT2D eigenvalue weighted by molar-refractivity contribution is 5.94. The molecule has 0 bridgehead atoms. The Balaban J connectivity index is 2.17. The molecule has 5 heteroatoms. The van der Waals surface area contributed by atoms with Gasteiger partial charge in [0.25, 0.3) is 0 Å². The lowest BCUT2D eigenvalue weighted by Gasteiger charge is -2.19. The number of hydrogen-bond acceptors (Lipinski definition) is 4. The van der Waals surface area contributed by atoms with Crippen LogP contribution in [-0.2, 0) is 10.2 Å². The first-order valence-corrected chi connectivity index (χ1v) is 7.64. The lowest BCUT2D eigenvalue weighted by molar-refractivity contribution is 0.0544. The van der Waals surface area contributed by atoms with Gasteiger partial charge in [-0.2, -0.15) is 5.26 Å². The average molecular weight is 312 g/mol. The van der Waals surface area contributed by atoms with Gasteiger partial charge in [0.1, 0.15) is 11.4 Å². The van der Waals surface area contributed by atoms with Gasteiger partial charge in [-0.05, 0) is 57.4 Å². The van der Waals surface area contributed by atoms with Crippen LogP contribution in [0.4, 0.5) is 4.79 Å². The maximum Gasteiger partial charge on any atom is 0.419 e. The molecule has 0 unspecified atom stereocenters. The standard InChI is InChI=1S/C18H20N2O3/c1-17(2,3)23-16(21)20-10-14(18(11-19)7-8-18)13-9-12(22-4)5-6-15(13)20/h5-6,9-10H,7-8H2,1-4H3. The summed E-state index contributed by atoms with van der Waals surface area (Å²) in [5, 5.41) is 10.4. The van der Waals surface area contributed by atoms with Gasteiger partial charge in [0.05, 0.1) is 24.1 Å². The molecule has 1 fully saturated rings. The van der Waals surface area contributed by atoms with E-state index in [1.807, 2.05) is 32.9 Å². The average Bonchev–Trinajstić information content (AvgIpc) is 3.19. The third-order valence-electron chi connectivity index (χ3n) is 4.08. The highest BCUT2D eigenvalue weighted by Gasteiger charge is 2.47. The van der Waals surface area contributed by atoms with Gasteiger partial charge < -0.3 is 9.47 Å². The number of nitriles is 1. The maximum absolute atomic E-state index is 12.5. The number of rotatable bonds is 2. The van der Waals surface area contributed by atoms with Crippen molar-refractivity contribution in [2.75, 3.05) is 7.11 Å². The fraction of sp³-hybridized carbons (Fsp3) is 0.444. The Morgan fingerprint density at radius 1 is 1.35 bits per heavy atom. The number of hydrogen-bond donors (Lipinski definition) is 0. The molecular weight excluding hydrogens is 292 g/mol. The summed E-state index contributed by atoms with van der Waals surface area (Å²) in [5.74, 6) is 0.703. The van der Waals surface area contributed by atoms with Gasteiger partial charge >= 0.3 is 6.09 Å². The predicted octanol–water partition coefficient (Wildman–Crippen LogP) is 3.99. The first-order chi connectivity index (χ1) is 10.8. The zero-order valence-electron chi connectivity index (χ0n) is 13.8. The molecule has 0 atom stereocenters. The van der Waals surface area contributed by atoms with E-state index in [-0.39, 0.29) is 0 Å². The monoisotopic (exact) mass is 312 g/mol. The largest absolute Gasteiger partial charge is 0.497 e. The summed E-state index contributed by atoms with van der Waals surface area (Å²) in [6.07, 6.45) is 2.93. The topological polar surface area (TPSA) is 64.2 Å². The summed E-state index contributed by atoms with van der Waals surface area (Å²) < 4.78 is 12.3. The molecule has 3 rings (SSSR count). The van der Waals surface area contributed by atoms with Crippen molar-refractivity contribution in [2.24, 2.45) is 0 Å². The van der Waals surface area contributed by atoms with Crippen molar-refractivity contribution in [3.05, 3.63) is 30.0 Å². The van der Waals surface area contributed by atoms with Crippen LogP contribution in [0.2, 0.25) is 0 Å². The predicted molar refractivity (Wildman–Crippen MR) is 86.6 cm³/mol. The van der Waals surface area contributed by atoms with E-state index in [9.17, 15) is 10.1 Å². The molecular formula is C18H20N2O3. The second-order valence-electron chi connectivity index (χ2n) is 6.97. The Morgan fingerprint density at radius 3 is 2.57 bits per heavy atom. The number of nitrogens with zero attached hydrogens (tertiary/aromatic N) is 2. The van der Waals surface area contributed by atoms with Gasteiger partial charge in [-0.25, -0.2) is 4.79 Å². The second-order valence-corrected chi connectivity index (χ2v) is 6.97. The van der Waals surface area contributed by atoms with Crippen molar-refractivity contribution >= 4 is 17.0 Å². The summed E-state index contributed by atoms with van der Waals surface area (Å²) in [6, 6.07) is 7.90. The van der Waals surface area contributed by atoms with Gasteiger partial charge in [-0.3, -0.25) is 4.57 Å². The van der Waals surface area contributed by atoms with Crippen LogP contribution in [0.5, 0.6) is 5.75 Å². The van der Waals surface area contributed by atoms with E-state index >= 15 is 0 Å². The Hall–Kier alpha value is -2.48. The molecule has 1 aliphatic rings. The second kappa shape index (κ2) is 5.02. The normalized spacial score (nSPS) is 16.0. The smallest absolute Gasteiger partial charge is 0.419 e. The molecule has 0 radical (unpaired) electrons. The first-order valence-electron chi connectivity index (χ1n) is 7.64. The zero-order chi connectivity index (χ0) is 16.8. The molecule has 2 aromatic rings. The number of fused-ring (bicyclic) bond motifs is 1. The lowest BCUT2D eigenvalue weighted by Crippen LogP contribution is -2.26. The Morgan fingerprint density at radius 2 is 2.04 bits per heavy atom. The SMILES string of the molecule is COc1ccc2c(c1)c(C1(C#N)CC1)cn2C(=O)OC(C)(C)C. The highest BCUT2D eigenvalue weighted by Crippen LogP contribution is 2.50. The highest BCUT2D eigenvalue weighted by atomic mass is 16.6. The van der Waals surface area contributed by atoms with Crippen LogP contribution in [0.3, 0.4) is 0 Å². The molecule has 0 saturated heterocycles. The van der Waals surface area contributed by atoms with Crippen molar-refractivity contribution < 1.29 is 14.3 Å². The molecule has 1 saturated carbocycles. The van der Waals surface area contributed by atoms with Crippen molar-refractivity contribution in [3.63, 3.8) is 0 Å². The molecule has 1 aliphatic carbocycles. The molecule has 120 valence electrons. The number of carbonyl (C=O) groups excluding carboxylic acids is 1.